The van der Waals surface area contributed by atoms with Crippen LogP contribution in [0.5, 0.6) is 5.75 Å². The molecule has 6 heteroatoms. The topological polar surface area (TPSA) is 21.3 Å². The highest BCUT2D eigenvalue weighted by Gasteiger charge is 2.26. The number of benzene rings is 1. The molecule has 1 aromatic rings. The highest BCUT2D eigenvalue weighted by atomic mass is 35.5. The third-order valence-corrected chi connectivity index (χ3v) is 3.07. The molecule has 120 valence electrons. The van der Waals surface area contributed by atoms with Gasteiger partial charge in [0.2, 0.25) is 0 Å². The summed E-state index contributed by atoms with van der Waals surface area (Å²) in [7, 11) is 0. The summed E-state index contributed by atoms with van der Waals surface area (Å²) in [6.07, 6.45) is -5.07. The van der Waals surface area contributed by atoms with E-state index in [4.69, 9.17) is 16.3 Å². The van der Waals surface area contributed by atoms with Crippen LogP contribution in [0.25, 0.3) is 0 Å². The van der Waals surface area contributed by atoms with Crippen LogP contribution in [0.2, 0.25) is 5.02 Å². The summed E-state index contributed by atoms with van der Waals surface area (Å²) >= 11 is 6.06. The summed E-state index contributed by atoms with van der Waals surface area (Å²) in [5.74, 6) is 0.984. The monoisotopic (exact) mass is 323 g/mol. The predicted molar refractivity (Wildman–Crippen MR) is 78.8 cm³/mol. The van der Waals surface area contributed by atoms with Crippen molar-refractivity contribution in [3.05, 3.63) is 28.8 Å². The van der Waals surface area contributed by atoms with Gasteiger partial charge < -0.3 is 10.1 Å². The first-order chi connectivity index (χ1) is 9.79. The molecular formula is C15H21ClF3NO. The van der Waals surface area contributed by atoms with Gasteiger partial charge in [-0.1, -0.05) is 37.6 Å². The van der Waals surface area contributed by atoms with Crippen molar-refractivity contribution < 1.29 is 17.9 Å². The summed E-state index contributed by atoms with van der Waals surface area (Å²) in [5.41, 5.74) is 0.857. The van der Waals surface area contributed by atoms with E-state index in [1.54, 1.807) is 12.1 Å². The zero-order valence-corrected chi connectivity index (χ0v) is 13.0. The van der Waals surface area contributed by atoms with E-state index >= 15 is 0 Å². The van der Waals surface area contributed by atoms with Gasteiger partial charge in [-0.2, -0.15) is 13.2 Å². The van der Waals surface area contributed by atoms with E-state index in [2.05, 4.69) is 19.2 Å². The first-order valence-electron chi connectivity index (χ1n) is 6.97. The Hall–Kier alpha value is -0.940. The fourth-order valence-electron chi connectivity index (χ4n) is 1.80. The van der Waals surface area contributed by atoms with Crippen LogP contribution in [0.15, 0.2) is 18.2 Å². The Morgan fingerprint density at radius 3 is 2.62 bits per heavy atom. The summed E-state index contributed by atoms with van der Waals surface area (Å²) < 4.78 is 41.7. The predicted octanol–water partition coefficient (Wildman–Crippen LogP) is 4.81. The van der Waals surface area contributed by atoms with E-state index in [-0.39, 0.29) is 13.0 Å². The van der Waals surface area contributed by atoms with Crippen LogP contribution in [0.4, 0.5) is 13.2 Å². The molecular weight excluding hydrogens is 303 g/mol. The van der Waals surface area contributed by atoms with Gasteiger partial charge in [-0.25, -0.2) is 0 Å². The van der Waals surface area contributed by atoms with Gasteiger partial charge in [-0.05, 0) is 24.9 Å². The van der Waals surface area contributed by atoms with E-state index in [0.717, 1.165) is 12.1 Å². The van der Waals surface area contributed by atoms with Crippen molar-refractivity contribution in [3.8, 4) is 5.75 Å². The van der Waals surface area contributed by atoms with Crippen LogP contribution in [0.3, 0.4) is 0 Å². The molecule has 0 radical (unpaired) electrons. The van der Waals surface area contributed by atoms with Crippen molar-refractivity contribution in [1.82, 2.24) is 5.32 Å². The molecule has 0 aliphatic heterocycles. The number of alkyl halides is 3. The largest absolute Gasteiger partial charge is 0.492 e. The molecule has 1 N–H and O–H groups in total. The lowest BCUT2D eigenvalue weighted by molar-refractivity contribution is -0.136. The highest BCUT2D eigenvalue weighted by Crippen LogP contribution is 2.29. The first kappa shape index (κ1) is 18.1. The number of ether oxygens (including phenoxy) is 1. The average Bonchev–Trinajstić information content (AvgIpc) is 2.35. The van der Waals surface area contributed by atoms with Crippen LogP contribution in [-0.2, 0) is 6.54 Å². The summed E-state index contributed by atoms with van der Waals surface area (Å²) in [6, 6.07) is 5.34. The molecule has 0 saturated heterocycles. The Morgan fingerprint density at radius 1 is 1.29 bits per heavy atom. The molecule has 0 aliphatic carbocycles. The number of nitrogens with one attached hydrogen (secondary N) is 1. The maximum atomic E-state index is 12.1. The van der Waals surface area contributed by atoms with Crippen molar-refractivity contribution in [3.63, 3.8) is 0 Å². The molecule has 1 rings (SSSR count). The lowest BCUT2D eigenvalue weighted by Gasteiger charge is -2.15. The molecule has 0 fully saturated rings. The minimum atomic E-state index is -4.15. The van der Waals surface area contributed by atoms with E-state index in [0.29, 0.717) is 23.2 Å². The molecule has 1 aromatic carbocycles. The SMILES string of the molecule is CC(C)CNCc1cccc(Cl)c1OCCCC(F)(F)F. The maximum absolute atomic E-state index is 12.1. The molecule has 2 nitrogen and oxygen atoms in total. The van der Waals surface area contributed by atoms with Crippen molar-refractivity contribution in [2.75, 3.05) is 13.2 Å². The standard InChI is InChI=1S/C15H21ClF3NO/c1-11(2)9-20-10-12-5-3-6-13(16)14(12)21-8-4-7-15(17,18)19/h3,5-6,11,20H,4,7-10H2,1-2H3. The summed E-state index contributed by atoms with van der Waals surface area (Å²) in [4.78, 5) is 0. The Morgan fingerprint density at radius 2 is 2.00 bits per heavy atom. The van der Waals surface area contributed by atoms with Gasteiger partial charge in [0.05, 0.1) is 11.6 Å². The number of halogens is 4. The van der Waals surface area contributed by atoms with Gasteiger partial charge in [-0.3, -0.25) is 0 Å². The lowest BCUT2D eigenvalue weighted by atomic mass is 10.1. The molecule has 0 atom stereocenters. The minimum absolute atomic E-state index is 0.000421. The Bertz CT molecular complexity index is 435. The third-order valence-electron chi connectivity index (χ3n) is 2.77. The smallest absolute Gasteiger partial charge is 0.389 e. The Kier molecular flexibility index (Phi) is 7.32. The average molecular weight is 324 g/mol. The fourth-order valence-corrected chi connectivity index (χ4v) is 2.05. The van der Waals surface area contributed by atoms with E-state index in [9.17, 15) is 13.2 Å². The molecule has 21 heavy (non-hydrogen) atoms. The van der Waals surface area contributed by atoms with Crippen LogP contribution in [-0.4, -0.2) is 19.3 Å². The van der Waals surface area contributed by atoms with Crippen molar-refractivity contribution >= 4 is 11.6 Å². The van der Waals surface area contributed by atoms with Crippen LogP contribution in [0.1, 0.15) is 32.3 Å². The van der Waals surface area contributed by atoms with Crippen molar-refractivity contribution in [2.45, 2.75) is 39.4 Å². The van der Waals surface area contributed by atoms with Crippen molar-refractivity contribution in [2.24, 2.45) is 5.92 Å². The number of rotatable bonds is 8. The second-order valence-electron chi connectivity index (χ2n) is 5.32. The van der Waals surface area contributed by atoms with Gasteiger partial charge in [0.15, 0.2) is 0 Å². The zero-order chi connectivity index (χ0) is 15.9. The van der Waals surface area contributed by atoms with Crippen molar-refractivity contribution in [1.29, 1.82) is 0 Å². The molecule has 0 spiro atoms. The maximum Gasteiger partial charge on any atom is 0.389 e. The lowest BCUT2D eigenvalue weighted by Crippen LogP contribution is -2.19. The molecule has 0 aliphatic rings. The van der Waals surface area contributed by atoms with Gasteiger partial charge >= 0.3 is 6.18 Å². The normalized spacial score (nSPS) is 12.0. The molecule has 0 unspecified atom stereocenters. The Balaban J connectivity index is 2.55. The zero-order valence-electron chi connectivity index (χ0n) is 12.3. The molecule has 0 heterocycles. The van der Waals surface area contributed by atoms with E-state index < -0.39 is 12.6 Å². The molecule has 0 bridgehead atoms. The van der Waals surface area contributed by atoms with Gasteiger partial charge in [0, 0.05) is 18.5 Å². The summed E-state index contributed by atoms with van der Waals surface area (Å²) in [5, 5.41) is 3.69. The third kappa shape index (κ3) is 7.58. The van der Waals surface area contributed by atoms with E-state index in [1.165, 1.54) is 0 Å². The molecule has 0 saturated carbocycles. The number of hydrogen-bond acceptors (Lipinski definition) is 2. The Labute approximate surface area is 128 Å². The fraction of sp³-hybridized carbons (Fsp3) is 0.600. The van der Waals surface area contributed by atoms with Crippen LogP contribution in [0, 0.1) is 5.92 Å². The number of hydrogen-bond donors (Lipinski definition) is 1. The quantitative estimate of drug-likeness (QED) is 0.693. The van der Waals surface area contributed by atoms with Gasteiger partial charge in [0.25, 0.3) is 0 Å². The second-order valence-corrected chi connectivity index (χ2v) is 5.73. The first-order valence-corrected chi connectivity index (χ1v) is 7.35. The minimum Gasteiger partial charge on any atom is -0.492 e. The van der Waals surface area contributed by atoms with Gasteiger partial charge in [0.1, 0.15) is 5.75 Å². The molecule has 0 amide bonds. The van der Waals surface area contributed by atoms with Gasteiger partial charge in [-0.15, -0.1) is 0 Å². The van der Waals surface area contributed by atoms with E-state index in [1.807, 2.05) is 6.07 Å². The van der Waals surface area contributed by atoms with Crippen LogP contribution < -0.4 is 10.1 Å². The highest BCUT2D eigenvalue weighted by molar-refractivity contribution is 6.32. The number of para-hydroxylation sites is 1. The summed E-state index contributed by atoms with van der Waals surface area (Å²) in [6.45, 7) is 5.62. The second kappa shape index (κ2) is 8.49. The van der Waals surface area contributed by atoms with Crippen LogP contribution >= 0.6 is 11.6 Å². The molecule has 0 aromatic heterocycles.